The zero-order valence-corrected chi connectivity index (χ0v) is 15.7. The fourth-order valence-electron chi connectivity index (χ4n) is 1.99. The van der Waals surface area contributed by atoms with Gasteiger partial charge in [0.15, 0.2) is 0 Å². The third-order valence-electron chi connectivity index (χ3n) is 3.25. The van der Waals surface area contributed by atoms with Crippen LogP contribution in [0.15, 0.2) is 47.4 Å². The first-order valence-corrected chi connectivity index (χ1v) is 9.39. The highest BCUT2D eigenvalue weighted by Gasteiger charge is 2.23. The lowest BCUT2D eigenvalue weighted by Gasteiger charge is -2.15. The smallest absolute Gasteiger partial charge is 0.242 e. The Balaban J connectivity index is 2.11. The number of amides is 1. The van der Waals surface area contributed by atoms with Gasteiger partial charge in [-0.25, -0.2) is 8.42 Å². The topological polar surface area (TPSA) is 84.5 Å². The van der Waals surface area contributed by atoms with Crippen molar-refractivity contribution in [2.45, 2.75) is 17.9 Å². The van der Waals surface area contributed by atoms with Crippen molar-refractivity contribution in [2.75, 3.05) is 12.4 Å². The van der Waals surface area contributed by atoms with Gasteiger partial charge in [-0.15, -0.1) is 0 Å². The molecule has 1 atom stereocenters. The van der Waals surface area contributed by atoms with Crippen molar-refractivity contribution in [3.8, 4) is 5.75 Å². The lowest BCUT2D eigenvalue weighted by atomic mass is 10.3. The number of rotatable bonds is 6. The van der Waals surface area contributed by atoms with Gasteiger partial charge in [0.05, 0.1) is 23.1 Å². The third kappa shape index (κ3) is 5.09. The summed E-state index contributed by atoms with van der Waals surface area (Å²) in [6.45, 7) is 1.43. The first-order valence-electron chi connectivity index (χ1n) is 7.15. The van der Waals surface area contributed by atoms with E-state index >= 15 is 0 Å². The average Bonchev–Trinajstić information content (AvgIpc) is 2.54. The summed E-state index contributed by atoms with van der Waals surface area (Å²) in [5, 5.41) is 3.20. The fraction of sp³-hybridized carbons (Fsp3) is 0.188. The van der Waals surface area contributed by atoms with Crippen LogP contribution in [0.2, 0.25) is 10.0 Å². The summed E-state index contributed by atoms with van der Waals surface area (Å²) >= 11 is 11.8. The van der Waals surface area contributed by atoms with Crippen molar-refractivity contribution in [3.63, 3.8) is 0 Å². The second-order valence-electron chi connectivity index (χ2n) is 5.14. The minimum Gasteiger partial charge on any atom is -0.495 e. The molecule has 0 aliphatic carbocycles. The number of carbonyl (C=O) groups excluding carboxylic acids is 1. The van der Waals surface area contributed by atoms with Crippen LogP contribution >= 0.6 is 23.2 Å². The van der Waals surface area contributed by atoms with Gasteiger partial charge in [-0.05, 0) is 43.3 Å². The molecule has 0 aromatic heterocycles. The molecule has 0 aliphatic rings. The number of nitrogens with one attached hydrogen (secondary N) is 2. The second-order valence-corrected chi connectivity index (χ2v) is 7.70. The molecule has 0 heterocycles. The zero-order chi connectivity index (χ0) is 18.6. The number of anilines is 1. The monoisotopic (exact) mass is 402 g/mol. The van der Waals surface area contributed by atoms with E-state index in [1.165, 1.54) is 32.2 Å². The lowest BCUT2D eigenvalue weighted by molar-refractivity contribution is -0.117. The predicted octanol–water partition coefficient (Wildman–Crippen LogP) is 3.31. The summed E-state index contributed by atoms with van der Waals surface area (Å²) in [7, 11) is -2.50. The van der Waals surface area contributed by atoms with Crippen molar-refractivity contribution >= 4 is 44.8 Å². The predicted molar refractivity (Wildman–Crippen MR) is 97.9 cm³/mol. The molecule has 25 heavy (non-hydrogen) atoms. The number of methoxy groups -OCH3 is 1. The SMILES string of the molecule is COc1ccc(S(=O)(=O)N[C@@H](C)C(=O)Nc2cccc(Cl)c2)cc1Cl. The molecule has 134 valence electrons. The van der Waals surface area contributed by atoms with Gasteiger partial charge in [0, 0.05) is 10.7 Å². The molecule has 0 aliphatic heterocycles. The Bertz CT molecular complexity index is 887. The first kappa shape index (κ1) is 19.5. The molecule has 6 nitrogen and oxygen atoms in total. The molecule has 9 heteroatoms. The molecule has 2 N–H and O–H groups in total. The number of benzene rings is 2. The van der Waals surface area contributed by atoms with E-state index in [9.17, 15) is 13.2 Å². The van der Waals surface area contributed by atoms with Gasteiger partial charge in [0.2, 0.25) is 15.9 Å². The van der Waals surface area contributed by atoms with Crippen LogP contribution in [-0.2, 0) is 14.8 Å². The minimum absolute atomic E-state index is 0.0688. The summed E-state index contributed by atoms with van der Waals surface area (Å²) in [6, 6.07) is 9.57. The first-order chi connectivity index (χ1) is 11.7. The Kier molecular flexibility index (Phi) is 6.29. The third-order valence-corrected chi connectivity index (χ3v) is 5.32. The van der Waals surface area contributed by atoms with Gasteiger partial charge in [-0.2, -0.15) is 4.72 Å². The maximum atomic E-state index is 12.4. The lowest BCUT2D eigenvalue weighted by Crippen LogP contribution is -2.41. The Morgan fingerprint density at radius 2 is 1.88 bits per heavy atom. The number of hydrogen-bond donors (Lipinski definition) is 2. The van der Waals surface area contributed by atoms with Crippen LogP contribution in [0.1, 0.15) is 6.92 Å². The van der Waals surface area contributed by atoms with Crippen molar-refractivity contribution in [3.05, 3.63) is 52.5 Å². The molecule has 0 saturated carbocycles. The van der Waals surface area contributed by atoms with Crippen LogP contribution in [0.5, 0.6) is 5.75 Å². The number of hydrogen-bond acceptors (Lipinski definition) is 4. The van der Waals surface area contributed by atoms with E-state index in [-0.39, 0.29) is 9.92 Å². The second kappa shape index (κ2) is 8.05. The molecule has 2 rings (SSSR count). The van der Waals surface area contributed by atoms with Crippen LogP contribution < -0.4 is 14.8 Å². The Morgan fingerprint density at radius 1 is 1.16 bits per heavy atom. The van der Waals surface area contributed by atoms with E-state index in [1.807, 2.05) is 0 Å². The number of ether oxygens (including phenoxy) is 1. The van der Waals surface area contributed by atoms with Gasteiger partial charge in [-0.3, -0.25) is 4.79 Å². The molecule has 1 amide bonds. The molecule has 0 saturated heterocycles. The number of halogens is 2. The van der Waals surface area contributed by atoms with Crippen molar-refractivity contribution in [1.29, 1.82) is 0 Å². The largest absolute Gasteiger partial charge is 0.495 e. The molecule has 2 aromatic carbocycles. The van der Waals surface area contributed by atoms with Crippen molar-refractivity contribution < 1.29 is 17.9 Å². The summed E-state index contributed by atoms with van der Waals surface area (Å²) in [5.74, 6) is -0.169. The van der Waals surface area contributed by atoms with E-state index in [4.69, 9.17) is 27.9 Å². The van der Waals surface area contributed by atoms with Gasteiger partial charge >= 0.3 is 0 Å². The Morgan fingerprint density at radius 3 is 2.48 bits per heavy atom. The summed E-state index contributed by atoms with van der Waals surface area (Å²) < 4.78 is 32.1. The Labute approximate surface area is 156 Å². The molecule has 0 fully saturated rings. The van der Waals surface area contributed by atoms with E-state index in [0.29, 0.717) is 16.5 Å². The van der Waals surface area contributed by atoms with E-state index in [0.717, 1.165) is 0 Å². The van der Waals surface area contributed by atoms with Gasteiger partial charge in [0.1, 0.15) is 5.75 Å². The fourth-order valence-corrected chi connectivity index (χ4v) is 3.73. The van der Waals surface area contributed by atoms with Crippen LogP contribution in [0.4, 0.5) is 5.69 Å². The Hall–Kier alpha value is -1.80. The van der Waals surface area contributed by atoms with E-state index in [1.54, 1.807) is 24.3 Å². The molecular weight excluding hydrogens is 387 g/mol. The van der Waals surface area contributed by atoms with Crippen LogP contribution in [0.3, 0.4) is 0 Å². The average molecular weight is 403 g/mol. The van der Waals surface area contributed by atoms with Crippen molar-refractivity contribution in [1.82, 2.24) is 4.72 Å². The zero-order valence-electron chi connectivity index (χ0n) is 13.4. The highest BCUT2D eigenvalue weighted by molar-refractivity contribution is 7.89. The molecule has 0 bridgehead atoms. The standard InChI is InChI=1S/C16H16Cl2N2O4S/c1-10(16(21)19-12-5-3-4-11(17)8-12)20-25(22,23)13-6-7-15(24-2)14(18)9-13/h3-10,20H,1-2H3,(H,19,21)/t10-/m0/s1. The van der Waals surface area contributed by atoms with Gasteiger partial charge < -0.3 is 10.1 Å². The van der Waals surface area contributed by atoms with Gasteiger partial charge in [-0.1, -0.05) is 29.3 Å². The van der Waals surface area contributed by atoms with Crippen molar-refractivity contribution in [2.24, 2.45) is 0 Å². The summed E-state index contributed by atoms with van der Waals surface area (Å²) in [6.07, 6.45) is 0. The summed E-state index contributed by atoms with van der Waals surface area (Å²) in [4.78, 5) is 12.1. The van der Waals surface area contributed by atoms with E-state index < -0.39 is 22.0 Å². The van der Waals surface area contributed by atoms with Crippen LogP contribution in [0.25, 0.3) is 0 Å². The van der Waals surface area contributed by atoms with Crippen LogP contribution in [0, 0.1) is 0 Å². The normalized spacial score (nSPS) is 12.5. The van der Waals surface area contributed by atoms with E-state index in [2.05, 4.69) is 10.0 Å². The highest BCUT2D eigenvalue weighted by Crippen LogP contribution is 2.27. The molecule has 2 aromatic rings. The van der Waals surface area contributed by atoms with Gasteiger partial charge in [0.25, 0.3) is 0 Å². The quantitative estimate of drug-likeness (QED) is 0.775. The number of sulfonamides is 1. The molecule has 0 radical (unpaired) electrons. The minimum atomic E-state index is -3.93. The molecule has 0 spiro atoms. The van der Waals surface area contributed by atoms with Crippen LogP contribution in [-0.4, -0.2) is 27.5 Å². The highest BCUT2D eigenvalue weighted by atomic mass is 35.5. The maximum Gasteiger partial charge on any atom is 0.242 e. The molecule has 0 unspecified atom stereocenters. The maximum absolute atomic E-state index is 12.4. The molecular formula is C16H16Cl2N2O4S. The number of carbonyl (C=O) groups is 1. The summed E-state index contributed by atoms with van der Waals surface area (Å²) in [5.41, 5.74) is 0.469.